The van der Waals surface area contributed by atoms with E-state index in [0.717, 1.165) is 16.7 Å². The molecule has 1 saturated heterocycles. The first kappa shape index (κ1) is 24.6. The fourth-order valence-corrected chi connectivity index (χ4v) is 3.94. The van der Waals surface area contributed by atoms with Crippen LogP contribution in [0.4, 0.5) is 10.7 Å². The standard InChI is InChI=1S/C26H28ClN5O3/c1-3-35-26(34)32-14-12-31(13-15-32)17-24(33)30-25-28-22(19-6-4-18(2)5-7-19)16-23(29-25)20-8-10-21(27)11-9-20/h4-11,16H,3,12-15,17H2,1-2H3,(H,28,29,30,33). The summed E-state index contributed by atoms with van der Waals surface area (Å²) in [5.41, 5.74) is 4.35. The quantitative estimate of drug-likeness (QED) is 0.544. The lowest BCUT2D eigenvalue weighted by Crippen LogP contribution is -2.50. The molecule has 8 nitrogen and oxygen atoms in total. The summed E-state index contributed by atoms with van der Waals surface area (Å²) in [4.78, 5) is 37.6. The molecule has 0 unspecified atom stereocenters. The van der Waals surface area contributed by atoms with Gasteiger partial charge in [0.15, 0.2) is 0 Å². The summed E-state index contributed by atoms with van der Waals surface area (Å²) in [6.07, 6.45) is -0.312. The first-order chi connectivity index (χ1) is 16.9. The van der Waals surface area contributed by atoms with Crippen LogP contribution in [0.15, 0.2) is 54.6 Å². The van der Waals surface area contributed by atoms with Crippen molar-refractivity contribution in [3.8, 4) is 22.5 Å². The number of amides is 2. The Kier molecular flexibility index (Phi) is 7.94. The van der Waals surface area contributed by atoms with Gasteiger partial charge in [0, 0.05) is 42.3 Å². The van der Waals surface area contributed by atoms with Crippen molar-refractivity contribution >= 4 is 29.5 Å². The number of ether oxygens (including phenoxy) is 1. The first-order valence-corrected chi connectivity index (χ1v) is 11.9. The maximum absolute atomic E-state index is 12.8. The number of hydrogen-bond acceptors (Lipinski definition) is 6. The van der Waals surface area contributed by atoms with Gasteiger partial charge >= 0.3 is 6.09 Å². The molecule has 1 aliphatic rings. The molecule has 0 atom stereocenters. The van der Waals surface area contributed by atoms with Gasteiger partial charge in [-0.1, -0.05) is 53.6 Å². The van der Waals surface area contributed by atoms with E-state index in [4.69, 9.17) is 16.3 Å². The molecule has 0 radical (unpaired) electrons. The molecule has 4 rings (SSSR count). The number of benzene rings is 2. The van der Waals surface area contributed by atoms with E-state index in [9.17, 15) is 9.59 Å². The third kappa shape index (κ3) is 6.55. The van der Waals surface area contributed by atoms with Crippen LogP contribution < -0.4 is 5.32 Å². The summed E-state index contributed by atoms with van der Waals surface area (Å²) in [7, 11) is 0. The number of rotatable bonds is 6. The molecule has 9 heteroatoms. The van der Waals surface area contributed by atoms with Gasteiger partial charge in [-0.25, -0.2) is 14.8 Å². The second-order valence-electron chi connectivity index (χ2n) is 8.35. The molecular weight excluding hydrogens is 466 g/mol. The Bertz CT molecular complexity index is 1110. The summed E-state index contributed by atoms with van der Waals surface area (Å²) in [5, 5.41) is 3.49. The van der Waals surface area contributed by atoms with Crippen LogP contribution in [0.25, 0.3) is 22.5 Å². The van der Waals surface area contributed by atoms with E-state index in [1.54, 1.807) is 24.0 Å². The van der Waals surface area contributed by atoms with Crippen molar-refractivity contribution in [1.29, 1.82) is 0 Å². The average molecular weight is 494 g/mol. The average Bonchev–Trinajstić information content (AvgIpc) is 2.85. The topological polar surface area (TPSA) is 87.7 Å². The fourth-order valence-electron chi connectivity index (χ4n) is 3.81. The zero-order valence-electron chi connectivity index (χ0n) is 19.8. The van der Waals surface area contributed by atoms with Gasteiger partial charge in [-0.05, 0) is 32.0 Å². The van der Waals surface area contributed by atoms with Gasteiger partial charge in [-0.15, -0.1) is 0 Å². The highest BCUT2D eigenvalue weighted by Crippen LogP contribution is 2.26. The van der Waals surface area contributed by atoms with Crippen molar-refractivity contribution in [2.24, 2.45) is 0 Å². The Balaban J connectivity index is 1.49. The van der Waals surface area contributed by atoms with Crippen molar-refractivity contribution in [2.45, 2.75) is 13.8 Å². The summed E-state index contributed by atoms with van der Waals surface area (Å²) in [5.74, 6) is 0.0286. The number of hydrogen-bond donors (Lipinski definition) is 1. The van der Waals surface area contributed by atoms with Crippen LogP contribution in [0.2, 0.25) is 5.02 Å². The number of anilines is 1. The molecule has 182 valence electrons. The predicted molar refractivity (Wildman–Crippen MR) is 136 cm³/mol. The highest BCUT2D eigenvalue weighted by Gasteiger charge is 2.23. The molecule has 0 saturated carbocycles. The van der Waals surface area contributed by atoms with Gasteiger partial charge < -0.3 is 9.64 Å². The van der Waals surface area contributed by atoms with Gasteiger partial charge in [-0.2, -0.15) is 0 Å². The van der Waals surface area contributed by atoms with Crippen LogP contribution in [-0.4, -0.2) is 71.1 Å². The van der Waals surface area contributed by atoms with E-state index in [1.165, 1.54) is 0 Å². The van der Waals surface area contributed by atoms with Gasteiger partial charge in [-0.3, -0.25) is 15.0 Å². The number of nitrogens with zero attached hydrogens (tertiary/aromatic N) is 4. The van der Waals surface area contributed by atoms with Crippen LogP contribution in [-0.2, 0) is 9.53 Å². The maximum Gasteiger partial charge on any atom is 0.409 e. The number of halogens is 1. The number of piperazine rings is 1. The molecule has 0 aliphatic carbocycles. The van der Waals surface area contributed by atoms with Crippen LogP contribution >= 0.6 is 11.6 Å². The van der Waals surface area contributed by atoms with Crippen molar-refractivity contribution in [2.75, 3.05) is 44.6 Å². The number of aromatic nitrogens is 2. The summed E-state index contributed by atoms with van der Waals surface area (Å²) in [6, 6.07) is 17.3. The van der Waals surface area contributed by atoms with Crippen LogP contribution in [0.3, 0.4) is 0 Å². The lowest BCUT2D eigenvalue weighted by molar-refractivity contribution is -0.117. The molecule has 1 aromatic heterocycles. The Morgan fingerprint density at radius 1 is 0.943 bits per heavy atom. The monoisotopic (exact) mass is 493 g/mol. The number of aryl methyl sites for hydroxylation is 1. The summed E-state index contributed by atoms with van der Waals surface area (Å²) in [6.45, 7) is 6.57. The molecule has 2 amide bonds. The second-order valence-corrected chi connectivity index (χ2v) is 8.78. The fraction of sp³-hybridized carbons (Fsp3) is 0.308. The van der Waals surface area contributed by atoms with Crippen molar-refractivity contribution < 1.29 is 14.3 Å². The molecule has 35 heavy (non-hydrogen) atoms. The molecule has 0 bridgehead atoms. The minimum atomic E-state index is -0.312. The molecule has 2 heterocycles. The van der Waals surface area contributed by atoms with Crippen molar-refractivity contribution in [1.82, 2.24) is 19.8 Å². The van der Waals surface area contributed by atoms with E-state index in [2.05, 4.69) is 15.3 Å². The zero-order valence-corrected chi connectivity index (χ0v) is 20.6. The highest BCUT2D eigenvalue weighted by atomic mass is 35.5. The molecule has 0 spiro atoms. The van der Waals surface area contributed by atoms with Gasteiger partial charge in [0.2, 0.25) is 11.9 Å². The predicted octanol–water partition coefficient (Wildman–Crippen LogP) is 4.49. The van der Waals surface area contributed by atoms with Crippen molar-refractivity contribution in [3.05, 3.63) is 65.2 Å². The van der Waals surface area contributed by atoms with E-state index in [1.807, 2.05) is 54.3 Å². The van der Waals surface area contributed by atoms with E-state index in [-0.39, 0.29) is 24.5 Å². The molecular formula is C26H28ClN5O3. The molecule has 3 aromatic rings. The lowest BCUT2D eigenvalue weighted by Gasteiger charge is -2.33. The minimum Gasteiger partial charge on any atom is -0.450 e. The lowest BCUT2D eigenvalue weighted by atomic mass is 10.1. The molecule has 1 aliphatic heterocycles. The van der Waals surface area contributed by atoms with Crippen molar-refractivity contribution in [3.63, 3.8) is 0 Å². The number of nitrogens with one attached hydrogen (secondary N) is 1. The Labute approximate surface area is 209 Å². The highest BCUT2D eigenvalue weighted by molar-refractivity contribution is 6.30. The van der Waals surface area contributed by atoms with Crippen LogP contribution in [0.5, 0.6) is 0 Å². The van der Waals surface area contributed by atoms with Gasteiger partial charge in [0.05, 0.1) is 24.5 Å². The molecule has 1 N–H and O–H groups in total. The third-order valence-electron chi connectivity index (χ3n) is 5.73. The number of carbonyl (C=O) groups is 2. The number of carbonyl (C=O) groups excluding carboxylic acids is 2. The Morgan fingerprint density at radius 2 is 1.51 bits per heavy atom. The zero-order chi connectivity index (χ0) is 24.8. The molecule has 2 aromatic carbocycles. The molecule has 1 fully saturated rings. The maximum atomic E-state index is 12.8. The smallest absolute Gasteiger partial charge is 0.409 e. The largest absolute Gasteiger partial charge is 0.450 e. The SMILES string of the molecule is CCOC(=O)N1CCN(CC(=O)Nc2nc(-c3ccc(C)cc3)cc(-c3ccc(Cl)cc3)n2)CC1. The Morgan fingerprint density at radius 3 is 2.09 bits per heavy atom. The minimum absolute atomic E-state index is 0.186. The van der Waals surface area contributed by atoms with Gasteiger partial charge in [0.25, 0.3) is 0 Å². The van der Waals surface area contributed by atoms with Gasteiger partial charge in [0.1, 0.15) is 0 Å². The van der Waals surface area contributed by atoms with Crippen LogP contribution in [0.1, 0.15) is 12.5 Å². The van der Waals surface area contributed by atoms with E-state index >= 15 is 0 Å². The Hall–Kier alpha value is -3.49. The summed E-state index contributed by atoms with van der Waals surface area (Å²) >= 11 is 6.05. The third-order valence-corrected chi connectivity index (χ3v) is 5.98. The first-order valence-electron chi connectivity index (χ1n) is 11.6. The van der Waals surface area contributed by atoms with E-state index in [0.29, 0.717) is 49.2 Å². The van der Waals surface area contributed by atoms with E-state index < -0.39 is 0 Å². The normalized spacial score (nSPS) is 14.0. The summed E-state index contributed by atoms with van der Waals surface area (Å²) < 4.78 is 5.05. The second kappa shape index (κ2) is 11.3. The van der Waals surface area contributed by atoms with Crippen LogP contribution in [0, 0.1) is 6.92 Å².